The molecule has 0 aliphatic heterocycles. The number of carbonyl (C=O) groups excluding carboxylic acids is 2. The number of nitrogen functional groups attached to an aromatic ring is 4. The van der Waals surface area contributed by atoms with Gasteiger partial charge < -0.3 is 32.4 Å². The topological polar surface area (TPSA) is 381 Å². The molecule has 4 heterocycles. The van der Waals surface area contributed by atoms with Gasteiger partial charge in [0.1, 0.15) is 10.0 Å². The van der Waals surface area contributed by atoms with Crippen LogP contribution in [0.15, 0.2) is 188 Å². The number of nitrogens with zero attached hydrogens (tertiary/aromatic N) is 8. The Balaban J connectivity index is 0. The van der Waals surface area contributed by atoms with Crippen LogP contribution in [0.25, 0.3) is 0 Å². The van der Waals surface area contributed by atoms with Gasteiger partial charge in [0.25, 0.3) is 0 Å². The maximum absolute atomic E-state index is 11.5. The van der Waals surface area contributed by atoms with Gasteiger partial charge in [-0.3, -0.25) is 40.5 Å². The third-order valence-corrected chi connectivity index (χ3v) is 12.1. The average molecular weight is 1300 g/mol. The number of esters is 2. The molecule has 0 unspecified atom stereocenters. The second kappa shape index (κ2) is 45.6. The standard InChI is InChI=1S/C13H11N3O4S.C11H9N3O2S.C8H8O2S.C6H6S.2C5H4ClN3O2.4C2H6/c1-20-13(17)8-3-2-4-9(7-8)21-10-5-6-15-12(14)11(10)16(18)19;12-11-10(14(15)16)9(6-7-13-11)17-8-4-2-1-3-5-8;1-10-8(9)6-3-2-4-7(11)5-6;7-6-4-2-1-3-5-6;2*6-3-1-2-8-5(7)4(3)9(10)11;4*1-2/h2-7H,1H3,(H2,14,15);1-7H,(H2,12,13);2-5,11H,1H3;1-5,7H;2*1-2H,(H2,7,8);4*1-2H3. The maximum Gasteiger partial charge on any atom is 0.337 e. The largest absolute Gasteiger partial charge is 0.465 e. The molecule has 0 aliphatic carbocycles. The molecule has 8 rings (SSSR count). The minimum atomic E-state index is -0.662. The van der Waals surface area contributed by atoms with E-state index in [2.05, 4.69) is 54.7 Å². The number of aromatic nitrogens is 4. The zero-order valence-corrected chi connectivity index (χ0v) is 53.2. The van der Waals surface area contributed by atoms with Gasteiger partial charge >= 0.3 is 34.7 Å². The van der Waals surface area contributed by atoms with Crippen LogP contribution in [0.1, 0.15) is 76.1 Å². The average Bonchev–Trinajstić information content (AvgIpc) is 3.39. The number of halogens is 2. The first kappa shape index (κ1) is 79.3. The van der Waals surface area contributed by atoms with Gasteiger partial charge in [-0.05, 0) is 84.9 Å². The number of nitrogens with two attached hydrogens (primary N) is 4. The van der Waals surface area contributed by atoms with E-state index < -0.39 is 25.7 Å². The summed E-state index contributed by atoms with van der Waals surface area (Å²) in [7, 11) is 2.64. The summed E-state index contributed by atoms with van der Waals surface area (Å²) in [5.41, 5.74) is 21.3. The normalized spacial score (nSPS) is 9.09. The summed E-state index contributed by atoms with van der Waals surface area (Å²) in [5.74, 6) is -1.34. The van der Waals surface area contributed by atoms with Crippen LogP contribution in [0.2, 0.25) is 10.0 Å². The molecular weight excluding hydrogens is 1230 g/mol. The van der Waals surface area contributed by atoms with Crippen molar-refractivity contribution in [1.82, 2.24) is 19.9 Å². The first-order valence-electron chi connectivity index (χ1n) is 25.2. The number of thiol groups is 2. The Labute approximate surface area is 527 Å². The van der Waals surface area contributed by atoms with Gasteiger partial charge in [0, 0.05) is 44.4 Å². The number of rotatable bonds is 10. The Morgan fingerprint density at radius 1 is 0.430 bits per heavy atom. The Hall–Kier alpha value is -8.80. The zero-order valence-electron chi connectivity index (χ0n) is 48.3. The molecule has 0 atom stereocenters. The zero-order chi connectivity index (χ0) is 65.9. The first-order chi connectivity index (χ1) is 41.1. The van der Waals surface area contributed by atoms with E-state index >= 15 is 0 Å². The van der Waals surface area contributed by atoms with Gasteiger partial charge in [0.15, 0.2) is 0 Å². The molecule has 0 fully saturated rings. The van der Waals surface area contributed by atoms with E-state index in [9.17, 15) is 50.0 Å². The Kier molecular flexibility index (Phi) is 42.0. The van der Waals surface area contributed by atoms with Crippen molar-refractivity contribution >= 4 is 130 Å². The van der Waals surface area contributed by atoms with Crippen molar-refractivity contribution in [1.29, 1.82) is 0 Å². The maximum atomic E-state index is 11.5. The van der Waals surface area contributed by atoms with Crippen LogP contribution in [0, 0.1) is 40.5 Å². The predicted molar refractivity (Wildman–Crippen MR) is 348 cm³/mol. The van der Waals surface area contributed by atoms with Crippen LogP contribution >= 0.6 is 72.0 Å². The number of methoxy groups -OCH3 is 2. The summed E-state index contributed by atoms with van der Waals surface area (Å²) in [6.45, 7) is 16.0. The fourth-order valence-corrected chi connectivity index (χ4v) is 8.20. The molecule has 0 saturated carbocycles. The second-order valence-electron chi connectivity index (χ2n) is 14.1. The van der Waals surface area contributed by atoms with Gasteiger partial charge in [-0.1, -0.05) is 151 Å². The van der Waals surface area contributed by atoms with Crippen molar-refractivity contribution in [3.05, 3.63) is 220 Å². The molecule has 0 bridgehead atoms. The molecule has 86 heavy (non-hydrogen) atoms. The van der Waals surface area contributed by atoms with Crippen LogP contribution in [-0.2, 0) is 9.47 Å². The Bertz CT molecular complexity index is 3270. The number of hydrogen-bond acceptors (Lipinski definition) is 24. The SMILES string of the molecule is CC.CC.CC.CC.COC(=O)c1cccc(S)c1.COC(=O)c1cccc(Sc2ccnc(N)c2[N+](=O)[O-])c1.Nc1nccc(Cl)c1[N+](=O)[O-].Nc1nccc(Cl)c1[N+](=O)[O-].Nc1nccc(Sc2ccccc2)c1[N+](=O)[O-].Sc1ccccc1. The number of pyridine rings is 4. The molecule has 0 saturated heterocycles. The third kappa shape index (κ3) is 29.1. The minimum absolute atomic E-state index is 0.00231. The van der Waals surface area contributed by atoms with E-state index in [1.807, 2.05) is 116 Å². The number of anilines is 4. The van der Waals surface area contributed by atoms with Crippen molar-refractivity contribution in [2.75, 3.05) is 37.2 Å². The lowest BCUT2D eigenvalue weighted by Gasteiger charge is -2.05. The summed E-state index contributed by atoms with van der Waals surface area (Å²) in [6.07, 6.45) is 5.48. The first-order valence-corrected chi connectivity index (χ1v) is 28.4. The molecule has 0 spiro atoms. The third-order valence-electron chi connectivity index (χ3n) is 8.85. The van der Waals surface area contributed by atoms with Crippen LogP contribution in [-0.4, -0.2) is 65.8 Å². The van der Waals surface area contributed by atoms with Gasteiger partial charge in [0.05, 0.1) is 54.8 Å². The Morgan fingerprint density at radius 3 is 1.05 bits per heavy atom. The lowest BCUT2D eigenvalue weighted by atomic mass is 10.2. The summed E-state index contributed by atoms with van der Waals surface area (Å²) in [5, 5.41) is 42.4. The highest BCUT2D eigenvalue weighted by Gasteiger charge is 2.22. The summed E-state index contributed by atoms with van der Waals surface area (Å²) in [6, 6.07) is 38.4. The summed E-state index contributed by atoms with van der Waals surface area (Å²) >= 11 is 21.5. The van der Waals surface area contributed by atoms with Crippen molar-refractivity contribution in [3.63, 3.8) is 0 Å². The van der Waals surface area contributed by atoms with E-state index in [-0.39, 0.29) is 62.0 Å². The number of nitro groups is 4. The van der Waals surface area contributed by atoms with Crippen LogP contribution in [0.4, 0.5) is 46.0 Å². The number of carbonyl (C=O) groups is 2. The van der Waals surface area contributed by atoms with Crippen LogP contribution in [0.5, 0.6) is 0 Å². The second-order valence-corrected chi connectivity index (χ2v) is 18.2. The van der Waals surface area contributed by atoms with E-state index in [0.29, 0.717) is 25.8 Å². The number of ether oxygens (including phenoxy) is 2. The quantitative estimate of drug-likeness (QED) is 0.0320. The van der Waals surface area contributed by atoms with E-state index in [0.717, 1.165) is 26.4 Å². The monoisotopic (exact) mass is 1300 g/mol. The van der Waals surface area contributed by atoms with Crippen LogP contribution < -0.4 is 22.9 Å². The molecule has 0 radical (unpaired) electrons. The van der Waals surface area contributed by atoms with E-state index in [4.69, 9.17) is 46.1 Å². The molecule has 30 heteroatoms. The Morgan fingerprint density at radius 2 is 0.733 bits per heavy atom. The molecule has 0 aliphatic rings. The molecule has 4 aromatic carbocycles. The highest BCUT2D eigenvalue weighted by Crippen LogP contribution is 2.38. The summed E-state index contributed by atoms with van der Waals surface area (Å²) < 4.78 is 9.15. The lowest BCUT2D eigenvalue weighted by Crippen LogP contribution is -2.01. The van der Waals surface area contributed by atoms with Crippen molar-refractivity contribution < 1.29 is 38.8 Å². The molecule has 460 valence electrons. The van der Waals surface area contributed by atoms with Gasteiger partial charge in [0.2, 0.25) is 23.3 Å². The number of benzene rings is 4. The molecule has 4 aromatic heterocycles. The molecule has 8 N–H and O–H groups in total. The van der Waals surface area contributed by atoms with Crippen molar-refractivity contribution in [3.8, 4) is 0 Å². The minimum Gasteiger partial charge on any atom is -0.465 e. The fourth-order valence-electron chi connectivity index (χ4n) is 5.41. The smallest absolute Gasteiger partial charge is 0.337 e. The molecule has 0 amide bonds. The summed E-state index contributed by atoms with van der Waals surface area (Å²) in [4.78, 5) is 81.1. The van der Waals surface area contributed by atoms with Gasteiger partial charge in [-0.25, -0.2) is 29.5 Å². The van der Waals surface area contributed by atoms with Crippen LogP contribution in [0.3, 0.4) is 0 Å². The highest BCUT2D eigenvalue weighted by atomic mass is 35.5. The lowest BCUT2D eigenvalue weighted by molar-refractivity contribution is -0.387. The van der Waals surface area contributed by atoms with Crippen molar-refractivity contribution in [2.45, 2.75) is 84.8 Å². The fraction of sp³-hybridized carbons (Fsp3) is 0.179. The highest BCUT2D eigenvalue weighted by molar-refractivity contribution is 7.99. The molecular formula is C56H66Cl2N12O12S4. The molecule has 24 nitrogen and oxygen atoms in total. The predicted octanol–water partition coefficient (Wildman–Crippen LogP) is 15.5. The van der Waals surface area contributed by atoms with Crippen molar-refractivity contribution in [2.24, 2.45) is 0 Å². The molecule has 8 aromatic rings. The van der Waals surface area contributed by atoms with Gasteiger partial charge in [-0.15, -0.1) is 25.3 Å². The van der Waals surface area contributed by atoms with E-state index in [1.165, 1.54) is 69.0 Å². The number of hydrogen-bond donors (Lipinski definition) is 6. The van der Waals surface area contributed by atoms with Gasteiger partial charge in [-0.2, -0.15) is 0 Å². The van der Waals surface area contributed by atoms with E-state index in [1.54, 1.807) is 54.6 Å².